The first-order chi connectivity index (χ1) is 7.42. The highest BCUT2D eigenvalue weighted by Crippen LogP contribution is 2.38. The summed E-state index contributed by atoms with van der Waals surface area (Å²) in [6, 6.07) is 4.64. The van der Waals surface area contributed by atoms with Crippen LogP contribution in [0, 0.1) is 0 Å². The van der Waals surface area contributed by atoms with Gasteiger partial charge in [-0.05, 0) is 48.4 Å². The van der Waals surface area contributed by atoms with Crippen molar-refractivity contribution < 1.29 is 13.2 Å². The number of rotatable bonds is 4. The van der Waals surface area contributed by atoms with Crippen molar-refractivity contribution in [2.45, 2.75) is 23.2 Å². The minimum atomic E-state index is -4.24. The summed E-state index contributed by atoms with van der Waals surface area (Å²) in [7, 11) is 0. The van der Waals surface area contributed by atoms with E-state index >= 15 is 0 Å². The van der Waals surface area contributed by atoms with Crippen LogP contribution in [-0.4, -0.2) is 11.4 Å². The minimum Gasteiger partial charge on any atom is -0.160 e. The van der Waals surface area contributed by atoms with E-state index in [9.17, 15) is 13.2 Å². The van der Waals surface area contributed by atoms with Gasteiger partial charge in [-0.3, -0.25) is 0 Å². The first-order valence-electron chi connectivity index (χ1n) is 4.52. The molecule has 0 aliphatic rings. The standard InChI is InChI=1S/C10H9BrClF3S/c11-9-4-3-8(16-10(13,14)15)6-7(9)2-1-5-12/h3-4,6H,1-2,5H2. The van der Waals surface area contributed by atoms with Gasteiger partial charge in [0.25, 0.3) is 0 Å². The first-order valence-corrected chi connectivity index (χ1v) is 6.67. The topological polar surface area (TPSA) is 0 Å². The smallest absolute Gasteiger partial charge is 0.160 e. The molecule has 0 saturated heterocycles. The van der Waals surface area contributed by atoms with Crippen LogP contribution < -0.4 is 0 Å². The molecule has 1 aromatic rings. The zero-order valence-corrected chi connectivity index (χ0v) is 11.3. The normalized spacial score (nSPS) is 11.8. The Hall–Kier alpha value is 0.130. The zero-order valence-electron chi connectivity index (χ0n) is 8.15. The van der Waals surface area contributed by atoms with E-state index in [2.05, 4.69) is 15.9 Å². The Bertz CT molecular complexity index is 354. The van der Waals surface area contributed by atoms with Crippen molar-refractivity contribution in [3.8, 4) is 0 Å². The lowest BCUT2D eigenvalue weighted by atomic mass is 10.1. The molecule has 0 aliphatic heterocycles. The molecule has 0 fully saturated rings. The van der Waals surface area contributed by atoms with Crippen molar-refractivity contribution in [1.82, 2.24) is 0 Å². The highest BCUT2D eigenvalue weighted by Gasteiger charge is 2.29. The monoisotopic (exact) mass is 332 g/mol. The molecule has 0 bridgehead atoms. The van der Waals surface area contributed by atoms with E-state index in [4.69, 9.17) is 11.6 Å². The van der Waals surface area contributed by atoms with Crippen LogP contribution in [0.2, 0.25) is 0 Å². The van der Waals surface area contributed by atoms with Gasteiger partial charge in [0.2, 0.25) is 0 Å². The molecule has 0 heterocycles. The van der Waals surface area contributed by atoms with Gasteiger partial charge in [0.05, 0.1) is 0 Å². The second kappa shape index (κ2) is 6.17. The van der Waals surface area contributed by atoms with E-state index in [0.717, 1.165) is 16.5 Å². The van der Waals surface area contributed by atoms with Gasteiger partial charge in [-0.1, -0.05) is 15.9 Å². The van der Waals surface area contributed by atoms with Crippen LogP contribution in [0.4, 0.5) is 13.2 Å². The second-order valence-corrected chi connectivity index (χ2v) is 5.46. The van der Waals surface area contributed by atoms with E-state index in [1.54, 1.807) is 12.1 Å². The van der Waals surface area contributed by atoms with Crippen molar-refractivity contribution in [3.05, 3.63) is 28.2 Å². The molecule has 0 amide bonds. The summed E-state index contributed by atoms with van der Waals surface area (Å²) in [5.41, 5.74) is -3.38. The van der Waals surface area contributed by atoms with Crippen molar-refractivity contribution >= 4 is 39.3 Å². The lowest BCUT2D eigenvalue weighted by Crippen LogP contribution is -1.99. The number of hydrogen-bond acceptors (Lipinski definition) is 1. The molecule has 0 radical (unpaired) electrons. The fourth-order valence-corrected chi connectivity index (χ4v) is 2.38. The molecule has 90 valence electrons. The van der Waals surface area contributed by atoms with Gasteiger partial charge in [-0.25, -0.2) is 0 Å². The average molecular weight is 334 g/mol. The van der Waals surface area contributed by atoms with Crippen molar-refractivity contribution in [1.29, 1.82) is 0 Å². The number of halogens is 5. The second-order valence-electron chi connectivity index (χ2n) is 3.09. The molecule has 0 spiro atoms. The third-order valence-corrected chi connectivity index (χ3v) is 3.59. The Morgan fingerprint density at radius 2 is 2.00 bits per heavy atom. The summed E-state index contributed by atoms with van der Waals surface area (Å²) in [6.07, 6.45) is 1.43. The Morgan fingerprint density at radius 3 is 2.56 bits per heavy atom. The number of benzene rings is 1. The summed E-state index contributed by atoms with van der Waals surface area (Å²) < 4.78 is 37.3. The van der Waals surface area contributed by atoms with Gasteiger partial charge in [0.1, 0.15) is 0 Å². The van der Waals surface area contributed by atoms with E-state index in [0.29, 0.717) is 12.3 Å². The average Bonchev–Trinajstić information content (AvgIpc) is 2.17. The summed E-state index contributed by atoms with van der Waals surface area (Å²) in [4.78, 5) is 0.209. The maximum atomic E-state index is 12.2. The van der Waals surface area contributed by atoms with Gasteiger partial charge < -0.3 is 0 Å². The minimum absolute atomic E-state index is 0.0968. The van der Waals surface area contributed by atoms with Crippen LogP contribution >= 0.6 is 39.3 Å². The Labute approximate surface area is 110 Å². The molecule has 0 aliphatic carbocycles. The molecule has 0 atom stereocenters. The lowest BCUT2D eigenvalue weighted by Gasteiger charge is -2.09. The van der Waals surface area contributed by atoms with E-state index < -0.39 is 5.51 Å². The molecule has 16 heavy (non-hydrogen) atoms. The van der Waals surface area contributed by atoms with E-state index in [-0.39, 0.29) is 16.7 Å². The maximum absolute atomic E-state index is 12.2. The summed E-state index contributed by atoms with van der Waals surface area (Å²) >= 11 is 8.76. The molecule has 0 nitrogen and oxygen atoms in total. The molecular formula is C10H9BrClF3S. The van der Waals surface area contributed by atoms with Crippen LogP contribution in [0.15, 0.2) is 27.6 Å². The van der Waals surface area contributed by atoms with Gasteiger partial charge in [-0.2, -0.15) is 13.2 Å². The number of aryl methyl sites for hydroxylation is 1. The van der Waals surface area contributed by atoms with E-state index in [1.807, 2.05) is 0 Å². The highest BCUT2D eigenvalue weighted by atomic mass is 79.9. The molecule has 1 rings (SSSR count). The largest absolute Gasteiger partial charge is 0.446 e. The van der Waals surface area contributed by atoms with Gasteiger partial charge in [-0.15, -0.1) is 11.6 Å². The quantitative estimate of drug-likeness (QED) is 0.537. The predicted molar refractivity (Wildman–Crippen MR) is 65.1 cm³/mol. The number of hydrogen-bond donors (Lipinski definition) is 0. The first kappa shape index (κ1) is 14.2. The van der Waals surface area contributed by atoms with Crippen LogP contribution in [-0.2, 0) is 6.42 Å². The van der Waals surface area contributed by atoms with Crippen molar-refractivity contribution in [3.63, 3.8) is 0 Å². The van der Waals surface area contributed by atoms with Gasteiger partial charge in [0, 0.05) is 15.2 Å². The molecular weight excluding hydrogens is 325 g/mol. The zero-order chi connectivity index (χ0) is 12.2. The molecule has 1 aromatic carbocycles. The third-order valence-electron chi connectivity index (χ3n) is 1.83. The molecule has 0 N–H and O–H groups in total. The number of alkyl halides is 4. The SMILES string of the molecule is FC(F)(F)Sc1ccc(Br)c(CCCCl)c1. The van der Waals surface area contributed by atoms with Crippen LogP contribution in [0.25, 0.3) is 0 Å². The fraction of sp³-hybridized carbons (Fsp3) is 0.400. The van der Waals surface area contributed by atoms with Gasteiger partial charge in [0.15, 0.2) is 0 Å². The van der Waals surface area contributed by atoms with Crippen LogP contribution in [0.1, 0.15) is 12.0 Å². The maximum Gasteiger partial charge on any atom is 0.446 e. The molecule has 6 heteroatoms. The lowest BCUT2D eigenvalue weighted by molar-refractivity contribution is -0.0328. The molecule has 0 aromatic heterocycles. The Kier molecular flexibility index (Phi) is 5.47. The summed E-state index contributed by atoms with van der Waals surface area (Å²) in [5, 5.41) is 0. The van der Waals surface area contributed by atoms with E-state index in [1.165, 1.54) is 6.07 Å². The third kappa shape index (κ3) is 4.97. The van der Waals surface area contributed by atoms with Crippen molar-refractivity contribution in [2.24, 2.45) is 0 Å². The van der Waals surface area contributed by atoms with Gasteiger partial charge >= 0.3 is 5.51 Å². The highest BCUT2D eigenvalue weighted by molar-refractivity contribution is 9.10. The molecule has 0 unspecified atom stereocenters. The van der Waals surface area contributed by atoms with Crippen LogP contribution in [0.3, 0.4) is 0 Å². The fourth-order valence-electron chi connectivity index (χ4n) is 1.20. The summed E-state index contributed by atoms with van der Waals surface area (Å²) in [6.45, 7) is 0. The Morgan fingerprint density at radius 1 is 1.31 bits per heavy atom. The molecule has 0 saturated carbocycles. The number of thioether (sulfide) groups is 1. The van der Waals surface area contributed by atoms with Crippen LogP contribution in [0.5, 0.6) is 0 Å². The Balaban J connectivity index is 2.81. The predicted octanol–water partition coefficient (Wildman–Crippen LogP) is 5.23. The van der Waals surface area contributed by atoms with Crippen molar-refractivity contribution in [2.75, 3.05) is 5.88 Å². The summed E-state index contributed by atoms with van der Waals surface area (Å²) in [5.74, 6) is 0.503.